The largest absolute Gasteiger partial charge is 0.419 e. The summed E-state index contributed by atoms with van der Waals surface area (Å²) in [6, 6.07) is 2.11. The maximum absolute atomic E-state index is 5.64. The van der Waals surface area contributed by atoms with Crippen molar-refractivity contribution in [2.45, 2.75) is 33.2 Å². The van der Waals surface area contributed by atoms with Crippen LogP contribution >= 0.6 is 11.3 Å². The summed E-state index contributed by atoms with van der Waals surface area (Å²) in [4.78, 5) is 1.10. The molecule has 0 aromatic carbocycles. The lowest BCUT2D eigenvalue weighted by atomic mass is 10.2. The molecule has 0 spiro atoms. The zero-order chi connectivity index (χ0) is 12.1. The molecule has 4 nitrogen and oxygen atoms in total. The van der Waals surface area contributed by atoms with Gasteiger partial charge in [-0.05, 0) is 36.4 Å². The van der Waals surface area contributed by atoms with Gasteiger partial charge in [0.15, 0.2) is 0 Å². The van der Waals surface area contributed by atoms with Crippen molar-refractivity contribution < 1.29 is 4.42 Å². The van der Waals surface area contributed by atoms with Gasteiger partial charge in [0.25, 0.3) is 5.89 Å². The van der Waals surface area contributed by atoms with E-state index in [1.165, 1.54) is 5.56 Å². The highest BCUT2D eigenvalue weighted by Gasteiger charge is 2.12. The minimum atomic E-state index is 0.644. The van der Waals surface area contributed by atoms with Crippen molar-refractivity contribution in [3.8, 4) is 10.8 Å². The highest BCUT2D eigenvalue weighted by atomic mass is 32.1. The highest BCUT2D eigenvalue weighted by molar-refractivity contribution is 7.13. The molecule has 92 valence electrons. The third-order valence-corrected chi connectivity index (χ3v) is 3.44. The van der Waals surface area contributed by atoms with Crippen LogP contribution in [0.4, 0.5) is 0 Å². The molecule has 0 bridgehead atoms. The molecule has 0 saturated carbocycles. The molecule has 17 heavy (non-hydrogen) atoms. The van der Waals surface area contributed by atoms with E-state index in [0.29, 0.717) is 18.3 Å². The summed E-state index contributed by atoms with van der Waals surface area (Å²) in [7, 11) is 0. The van der Waals surface area contributed by atoms with Crippen LogP contribution in [0.25, 0.3) is 10.8 Å². The van der Waals surface area contributed by atoms with Gasteiger partial charge < -0.3 is 9.73 Å². The lowest BCUT2D eigenvalue weighted by Gasteiger charge is -1.97. The molecular formula is C12H17N3OS. The molecule has 0 unspecified atom stereocenters. The van der Waals surface area contributed by atoms with Crippen molar-refractivity contribution in [3.63, 3.8) is 0 Å². The van der Waals surface area contributed by atoms with Gasteiger partial charge in [0.2, 0.25) is 5.89 Å². The topological polar surface area (TPSA) is 51.0 Å². The lowest BCUT2D eigenvalue weighted by molar-refractivity contribution is 0.478. The van der Waals surface area contributed by atoms with E-state index >= 15 is 0 Å². The Morgan fingerprint density at radius 3 is 3.00 bits per heavy atom. The summed E-state index contributed by atoms with van der Waals surface area (Å²) in [5.41, 5.74) is 1.27. The Hall–Kier alpha value is -1.20. The Kier molecular flexibility index (Phi) is 4.28. The van der Waals surface area contributed by atoms with E-state index in [9.17, 15) is 0 Å². The molecule has 0 aliphatic carbocycles. The van der Waals surface area contributed by atoms with Gasteiger partial charge in [-0.2, -0.15) is 0 Å². The van der Waals surface area contributed by atoms with Crippen molar-refractivity contribution in [1.29, 1.82) is 0 Å². The molecule has 5 heteroatoms. The first-order valence-electron chi connectivity index (χ1n) is 5.95. The van der Waals surface area contributed by atoms with Crippen LogP contribution in [0, 0.1) is 0 Å². The summed E-state index contributed by atoms with van der Waals surface area (Å²) in [5, 5.41) is 13.5. The summed E-state index contributed by atoms with van der Waals surface area (Å²) in [6.45, 7) is 5.88. The number of hydrogen-bond acceptors (Lipinski definition) is 5. The van der Waals surface area contributed by atoms with Crippen LogP contribution in [-0.2, 0) is 13.0 Å². The van der Waals surface area contributed by atoms with E-state index in [0.717, 1.165) is 24.3 Å². The molecule has 0 aliphatic heterocycles. The second-order valence-electron chi connectivity index (χ2n) is 3.81. The minimum absolute atomic E-state index is 0.644. The number of aryl methyl sites for hydroxylation is 1. The van der Waals surface area contributed by atoms with Crippen molar-refractivity contribution in [2.24, 2.45) is 0 Å². The minimum Gasteiger partial charge on any atom is -0.419 e. The smallest absolute Gasteiger partial charge is 0.258 e. The van der Waals surface area contributed by atoms with Gasteiger partial charge in [0.05, 0.1) is 11.4 Å². The van der Waals surface area contributed by atoms with Gasteiger partial charge in [-0.1, -0.05) is 13.8 Å². The number of rotatable bonds is 6. The monoisotopic (exact) mass is 251 g/mol. The molecule has 0 aliphatic rings. The molecule has 0 fully saturated rings. The van der Waals surface area contributed by atoms with E-state index in [2.05, 4.69) is 40.8 Å². The number of aromatic nitrogens is 2. The van der Waals surface area contributed by atoms with E-state index < -0.39 is 0 Å². The zero-order valence-electron chi connectivity index (χ0n) is 10.2. The molecule has 2 aromatic heterocycles. The first-order chi connectivity index (χ1) is 8.35. The van der Waals surface area contributed by atoms with Crippen molar-refractivity contribution in [2.75, 3.05) is 6.54 Å². The van der Waals surface area contributed by atoms with Gasteiger partial charge in [-0.3, -0.25) is 0 Å². The van der Waals surface area contributed by atoms with Crippen LogP contribution in [0.1, 0.15) is 31.7 Å². The van der Waals surface area contributed by atoms with E-state index in [-0.39, 0.29) is 0 Å². The molecule has 0 saturated heterocycles. The number of thiophene rings is 1. The fourth-order valence-electron chi connectivity index (χ4n) is 1.59. The van der Waals surface area contributed by atoms with Gasteiger partial charge in [-0.25, -0.2) is 0 Å². The van der Waals surface area contributed by atoms with Crippen LogP contribution in [-0.4, -0.2) is 16.7 Å². The maximum Gasteiger partial charge on any atom is 0.258 e. The van der Waals surface area contributed by atoms with Crippen LogP contribution in [0.5, 0.6) is 0 Å². The quantitative estimate of drug-likeness (QED) is 0.802. The van der Waals surface area contributed by atoms with E-state index in [1.807, 2.05) is 0 Å². The fourth-order valence-corrected chi connectivity index (χ4v) is 2.51. The molecule has 0 atom stereocenters. The lowest BCUT2D eigenvalue weighted by Crippen LogP contribution is -2.13. The Bertz CT molecular complexity index is 464. The first-order valence-corrected chi connectivity index (χ1v) is 6.83. The molecule has 1 N–H and O–H groups in total. The Labute approximate surface area is 105 Å². The van der Waals surface area contributed by atoms with Gasteiger partial charge in [0, 0.05) is 0 Å². The predicted octanol–water partition coefficient (Wildman–Crippen LogP) is 2.86. The van der Waals surface area contributed by atoms with Crippen molar-refractivity contribution in [3.05, 3.63) is 22.9 Å². The van der Waals surface area contributed by atoms with Crippen LogP contribution in [0.15, 0.2) is 15.9 Å². The average molecular weight is 251 g/mol. The molecule has 2 aromatic rings. The van der Waals surface area contributed by atoms with Crippen molar-refractivity contribution in [1.82, 2.24) is 15.5 Å². The number of nitrogens with zero attached hydrogens (tertiary/aromatic N) is 2. The Morgan fingerprint density at radius 2 is 2.24 bits per heavy atom. The van der Waals surface area contributed by atoms with Crippen LogP contribution in [0.2, 0.25) is 0 Å². The number of hydrogen-bond donors (Lipinski definition) is 1. The Balaban J connectivity index is 2.07. The summed E-state index contributed by atoms with van der Waals surface area (Å²) in [6.07, 6.45) is 2.09. The predicted molar refractivity (Wildman–Crippen MR) is 69.0 cm³/mol. The van der Waals surface area contributed by atoms with E-state index in [1.54, 1.807) is 11.3 Å². The molecule has 0 amide bonds. The molecular weight excluding hydrogens is 234 g/mol. The Morgan fingerprint density at radius 1 is 1.35 bits per heavy atom. The molecule has 2 heterocycles. The summed E-state index contributed by atoms with van der Waals surface area (Å²) < 4.78 is 5.64. The standard InChI is InChI=1S/C12H17N3OS/c1-3-6-13-8-10-14-15-12(16-10)11-9(4-2)5-7-17-11/h5,7,13H,3-4,6,8H2,1-2H3. The third kappa shape index (κ3) is 2.92. The summed E-state index contributed by atoms with van der Waals surface area (Å²) >= 11 is 1.65. The SMILES string of the molecule is CCCNCc1nnc(-c2sccc2CC)o1. The van der Waals surface area contributed by atoms with Gasteiger partial charge in [-0.15, -0.1) is 21.5 Å². The first kappa shape index (κ1) is 12.3. The maximum atomic E-state index is 5.64. The van der Waals surface area contributed by atoms with Crippen LogP contribution < -0.4 is 5.32 Å². The second kappa shape index (κ2) is 5.93. The second-order valence-corrected chi connectivity index (χ2v) is 4.72. The summed E-state index contributed by atoms with van der Waals surface area (Å²) in [5.74, 6) is 1.30. The van der Waals surface area contributed by atoms with Gasteiger partial charge in [0.1, 0.15) is 0 Å². The molecule has 0 radical (unpaired) electrons. The van der Waals surface area contributed by atoms with Crippen molar-refractivity contribution >= 4 is 11.3 Å². The molecule has 2 rings (SSSR count). The third-order valence-electron chi connectivity index (χ3n) is 2.49. The normalized spacial score (nSPS) is 10.9. The zero-order valence-corrected chi connectivity index (χ0v) is 11.0. The fraction of sp³-hybridized carbons (Fsp3) is 0.500. The van der Waals surface area contributed by atoms with E-state index in [4.69, 9.17) is 4.42 Å². The average Bonchev–Trinajstić information content (AvgIpc) is 2.96. The van der Waals surface area contributed by atoms with Crippen LogP contribution in [0.3, 0.4) is 0 Å². The number of nitrogens with one attached hydrogen (secondary N) is 1. The van der Waals surface area contributed by atoms with Gasteiger partial charge >= 0.3 is 0 Å². The highest BCUT2D eigenvalue weighted by Crippen LogP contribution is 2.28.